The van der Waals surface area contributed by atoms with Gasteiger partial charge in [0.05, 0.1) is 5.56 Å². The summed E-state index contributed by atoms with van der Waals surface area (Å²) in [6, 6.07) is 9.17. The fraction of sp³-hybridized carbons (Fsp3) is 0.250. The Bertz CT molecular complexity index is 874. The number of hydrogen-bond acceptors (Lipinski definition) is 4. The van der Waals surface area contributed by atoms with Gasteiger partial charge >= 0.3 is 12.0 Å². The molecule has 0 aromatic heterocycles. The highest BCUT2D eigenvalue weighted by molar-refractivity contribution is 6.02. The molecule has 2 rings (SSSR count). The van der Waals surface area contributed by atoms with Gasteiger partial charge < -0.3 is 15.8 Å². The van der Waals surface area contributed by atoms with Crippen LogP contribution in [-0.4, -0.2) is 23.9 Å². The standard InChI is InChI=1S/C20H22N2O4/c1-11-8-13(3)17(9-12(11)2)18(23)14(4)26-19(24)15-6-5-7-16(10-15)22-20(21)25/h5-10,14H,1-4H3,(H3,21,22,25)/t14-/m0/s1. The van der Waals surface area contributed by atoms with Gasteiger partial charge in [0, 0.05) is 11.3 Å². The van der Waals surface area contributed by atoms with Crippen molar-refractivity contribution in [2.75, 3.05) is 5.32 Å². The molecule has 1 atom stereocenters. The fourth-order valence-corrected chi connectivity index (χ4v) is 2.59. The lowest BCUT2D eigenvalue weighted by molar-refractivity contribution is 0.0318. The highest BCUT2D eigenvalue weighted by Crippen LogP contribution is 2.19. The van der Waals surface area contributed by atoms with E-state index in [0.717, 1.165) is 16.7 Å². The number of primary amides is 1. The summed E-state index contributed by atoms with van der Waals surface area (Å²) in [4.78, 5) is 35.9. The number of Topliss-reactive ketones (excluding diaryl/α,β-unsaturated/α-hetero) is 1. The summed E-state index contributed by atoms with van der Waals surface area (Å²) in [6.45, 7) is 7.31. The fourth-order valence-electron chi connectivity index (χ4n) is 2.59. The van der Waals surface area contributed by atoms with Crippen LogP contribution in [0.4, 0.5) is 10.5 Å². The lowest BCUT2D eigenvalue weighted by atomic mass is 9.96. The second-order valence-electron chi connectivity index (χ2n) is 6.23. The summed E-state index contributed by atoms with van der Waals surface area (Å²) in [5.41, 5.74) is 9.13. The lowest BCUT2D eigenvalue weighted by Crippen LogP contribution is -2.25. The van der Waals surface area contributed by atoms with Crippen molar-refractivity contribution < 1.29 is 19.1 Å². The molecule has 0 aliphatic heterocycles. The summed E-state index contributed by atoms with van der Waals surface area (Å²) in [7, 11) is 0. The van der Waals surface area contributed by atoms with Crippen LogP contribution >= 0.6 is 0 Å². The Morgan fingerprint density at radius 2 is 1.65 bits per heavy atom. The Hall–Kier alpha value is -3.15. The van der Waals surface area contributed by atoms with Crippen LogP contribution in [-0.2, 0) is 4.74 Å². The topological polar surface area (TPSA) is 98.5 Å². The second kappa shape index (κ2) is 7.82. The zero-order valence-corrected chi connectivity index (χ0v) is 15.3. The number of ether oxygens (including phenoxy) is 1. The first kappa shape index (κ1) is 19.2. The van der Waals surface area contributed by atoms with E-state index in [0.29, 0.717) is 11.3 Å². The van der Waals surface area contributed by atoms with Crippen molar-refractivity contribution >= 4 is 23.5 Å². The number of carbonyl (C=O) groups excluding carboxylic acids is 3. The van der Waals surface area contributed by atoms with Crippen molar-refractivity contribution in [3.05, 3.63) is 64.2 Å². The number of rotatable bonds is 5. The van der Waals surface area contributed by atoms with E-state index in [1.165, 1.54) is 12.1 Å². The Kier molecular flexibility index (Phi) is 5.77. The molecule has 0 fully saturated rings. The molecule has 26 heavy (non-hydrogen) atoms. The van der Waals surface area contributed by atoms with Gasteiger partial charge in [-0.2, -0.15) is 0 Å². The Morgan fingerprint density at radius 3 is 2.31 bits per heavy atom. The lowest BCUT2D eigenvalue weighted by Gasteiger charge is -2.15. The van der Waals surface area contributed by atoms with Crippen molar-refractivity contribution in [2.45, 2.75) is 33.8 Å². The van der Waals surface area contributed by atoms with Gasteiger partial charge in [-0.25, -0.2) is 9.59 Å². The Labute approximate surface area is 152 Å². The maximum atomic E-state index is 12.7. The maximum absolute atomic E-state index is 12.7. The molecule has 2 aromatic rings. The van der Waals surface area contributed by atoms with Gasteiger partial charge in [0.15, 0.2) is 6.10 Å². The minimum Gasteiger partial charge on any atom is -0.451 e. The predicted octanol–water partition coefficient (Wildman–Crippen LogP) is 3.53. The average Bonchev–Trinajstić information content (AvgIpc) is 2.57. The zero-order chi connectivity index (χ0) is 19.4. The van der Waals surface area contributed by atoms with Crippen LogP contribution in [0.15, 0.2) is 36.4 Å². The van der Waals surface area contributed by atoms with Crippen molar-refractivity contribution in [1.29, 1.82) is 0 Å². The molecule has 0 heterocycles. The molecule has 0 aliphatic rings. The van der Waals surface area contributed by atoms with Gasteiger partial charge in [-0.1, -0.05) is 12.1 Å². The number of hydrogen-bond donors (Lipinski definition) is 2. The number of nitrogens with one attached hydrogen (secondary N) is 1. The number of urea groups is 1. The van der Waals surface area contributed by atoms with Crippen molar-refractivity contribution in [1.82, 2.24) is 0 Å². The molecule has 0 saturated heterocycles. The number of anilines is 1. The summed E-state index contributed by atoms with van der Waals surface area (Å²) in [5, 5.41) is 2.39. The Morgan fingerprint density at radius 1 is 1.00 bits per heavy atom. The van der Waals surface area contributed by atoms with Gasteiger partial charge in [0.1, 0.15) is 0 Å². The smallest absolute Gasteiger partial charge is 0.338 e. The summed E-state index contributed by atoms with van der Waals surface area (Å²) in [5.74, 6) is -0.911. The normalized spacial score (nSPS) is 11.5. The second-order valence-corrected chi connectivity index (χ2v) is 6.23. The molecule has 2 amide bonds. The van der Waals surface area contributed by atoms with Crippen molar-refractivity contribution in [3.8, 4) is 0 Å². The van der Waals surface area contributed by atoms with E-state index >= 15 is 0 Å². The molecule has 0 saturated carbocycles. The highest BCUT2D eigenvalue weighted by Gasteiger charge is 2.22. The number of carbonyl (C=O) groups is 3. The van der Waals surface area contributed by atoms with Crippen LogP contribution in [0.3, 0.4) is 0 Å². The third-order valence-corrected chi connectivity index (χ3v) is 4.13. The SMILES string of the molecule is Cc1cc(C)c(C(=O)[C@H](C)OC(=O)c2cccc(NC(N)=O)c2)cc1C. The van der Waals surface area contributed by atoms with Crippen LogP contribution in [0.25, 0.3) is 0 Å². The van der Waals surface area contributed by atoms with Crippen molar-refractivity contribution in [2.24, 2.45) is 5.73 Å². The van der Waals surface area contributed by atoms with Gasteiger partial charge in [0.2, 0.25) is 5.78 Å². The number of amides is 2. The van der Waals surface area contributed by atoms with E-state index in [2.05, 4.69) is 5.32 Å². The van der Waals surface area contributed by atoms with Gasteiger partial charge in [-0.15, -0.1) is 0 Å². The van der Waals surface area contributed by atoms with Crippen LogP contribution in [0.2, 0.25) is 0 Å². The average molecular weight is 354 g/mol. The van der Waals surface area contributed by atoms with Crippen LogP contribution in [0.5, 0.6) is 0 Å². The molecule has 0 radical (unpaired) electrons. The van der Waals surface area contributed by atoms with E-state index < -0.39 is 18.1 Å². The molecule has 0 unspecified atom stereocenters. The highest BCUT2D eigenvalue weighted by atomic mass is 16.5. The van der Waals surface area contributed by atoms with Gasteiger partial charge in [0.25, 0.3) is 0 Å². The minimum atomic E-state index is -0.934. The summed E-state index contributed by atoms with van der Waals surface area (Å²) in [6.07, 6.45) is -0.934. The van der Waals surface area contributed by atoms with E-state index in [4.69, 9.17) is 10.5 Å². The number of esters is 1. The molecule has 3 N–H and O–H groups in total. The van der Waals surface area contributed by atoms with Crippen LogP contribution in [0, 0.1) is 20.8 Å². The Balaban J connectivity index is 2.15. The quantitative estimate of drug-likeness (QED) is 0.634. The number of aryl methyl sites for hydroxylation is 3. The monoisotopic (exact) mass is 354 g/mol. The molecular formula is C20H22N2O4. The number of ketones is 1. The first-order chi connectivity index (χ1) is 12.2. The van der Waals surface area contributed by atoms with Gasteiger partial charge in [-0.05, 0) is 68.7 Å². The molecule has 136 valence electrons. The number of nitrogens with two attached hydrogens (primary N) is 1. The van der Waals surface area contributed by atoms with Crippen molar-refractivity contribution in [3.63, 3.8) is 0 Å². The van der Waals surface area contributed by atoms with E-state index in [1.807, 2.05) is 32.9 Å². The molecule has 0 spiro atoms. The van der Waals surface area contributed by atoms with Crippen LogP contribution in [0.1, 0.15) is 44.3 Å². The van der Waals surface area contributed by atoms with Gasteiger partial charge in [-0.3, -0.25) is 4.79 Å². The molecule has 0 aliphatic carbocycles. The zero-order valence-electron chi connectivity index (χ0n) is 15.3. The third-order valence-electron chi connectivity index (χ3n) is 4.13. The molecular weight excluding hydrogens is 332 g/mol. The molecule has 2 aromatic carbocycles. The van der Waals surface area contributed by atoms with Crippen LogP contribution < -0.4 is 11.1 Å². The summed E-state index contributed by atoms with van der Waals surface area (Å²) < 4.78 is 5.31. The predicted molar refractivity (Wildman–Crippen MR) is 99.5 cm³/mol. The molecule has 6 heteroatoms. The van der Waals surface area contributed by atoms with E-state index in [9.17, 15) is 14.4 Å². The van der Waals surface area contributed by atoms with E-state index in [1.54, 1.807) is 19.1 Å². The summed E-state index contributed by atoms with van der Waals surface area (Å²) >= 11 is 0. The largest absolute Gasteiger partial charge is 0.451 e. The maximum Gasteiger partial charge on any atom is 0.338 e. The molecule has 0 bridgehead atoms. The van der Waals surface area contributed by atoms with E-state index in [-0.39, 0.29) is 11.3 Å². The molecule has 6 nitrogen and oxygen atoms in total. The first-order valence-electron chi connectivity index (χ1n) is 8.18. The minimum absolute atomic E-state index is 0.215. The third kappa shape index (κ3) is 4.47. The number of benzene rings is 2. The first-order valence-corrected chi connectivity index (χ1v) is 8.18.